The number of benzene rings is 1. The summed E-state index contributed by atoms with van der Waals surface area (Å²) in [6.45, 7) is 12.0. The van der Waals surface area contributed by atoms with E-state index in [1.165, 1.54) is 0 Å². The summed E-state index contributed by atoms with van der Waals surface area (Å²) in [5.41, 5.74) is 1.43. The molecule has 0 aromatic heterocycles. The molecule has 3 saturated heterocycles. The van der Waals surface area contributed by atoms with Crippen molar-refractivity contribution in [1.82, 2.24) is 4.90 Å². The Balaban J connectivity index is 1.79. The number of aryl methyl sites for hydroxylation is 1. The number of halogens is 1. The van der Waals surface area contributed by atoms with Crippen molar-refractivity contribution in [2.24, 2.45) is 17.8 Å². The summed E-state index contributed by atoms with van der Waals surface area (Å²) in [6.07, 6.45) is 4.92. The fourth-order valence-corrected chi connectivity index (χ4v) is 9.15. The van der Waals surface area contributed by atoms with Crippen molar-refractivity contribution in [3.63, 3.8) is 0 Å². The number of anilines is 1. The van der Waals surface area contributed by atoms with Crippen molar-refractivity contribution in [3.05, 3.63) is 54.1 Å². The molecule has 0 aliphatic carbocycles. The zero-order valence-electron chi connectivity index (χ0n) is 21.4. The van der Waals surface area contributed by atoms with Gasteiger partial charge in [-0.1, -0.05) is 42.8 Å². The van der Waals surface area contributed by atoms with Gasteiger partial charge in [0.2, 0.25) is 5.91 Å². The van der Waals surface area contributed by atoms with Gasteiger partial charge in [0.05, 0.1) is 33.9 Å². The molecule has 3 aliphatic rings. The van der Waals surface area contributed by atoms with E-state index >= 15 is 0 Å². The lowest BCUT2D eigenvalue weighted by molar-refractivity contribution is -0.154. The molecule has 2 bridgehead atoms. The minimum absolute atomic E-state index is 0.0275. The molecule has 3 aliphatic heterocycles. The van der Waals surface area contributed by atoms with Crippen LogP contribution in [-0.4, -0.2) is 70.1 Å². The molecule has 6 atom stereocenters. The van der Waals surface area contributed by atoms with Gasteiger partial charge >= 0.3 is 5.97 Å². The van der Waals surface area contributed by atoms with Crippen LogP contribution in [0, 0.1) is 24.7 Å². The molecule has 1 N–H and O–H groups in total. The van der Waals surface area contributed by atoms with Gasteiger partial charge in [-0.3, -0.25) is 14.4 Å². The Morgan fingerprint density at radius 2 is 2.11 bits per heavy atom. The molecule has 1 spiro atoms. The summed E-state index contributed by atoms with van der Waals surface area (Å²) in [7, 11) is 0. The number of fused-ring (bicyclic) bond motifs is 1. The molecule has 4 rings (SSSR count). The summed E-state index contributed by atoms with van der Waals surface area (Å²) in [5.74, 6) is -2.08. The summed E-state index contributed by atoms with van der Waals surface area (Å²) < 4.78 is 4.77. The maximum absolute atomic E-state index is 14.5. The van der Waals surface area contributed by atoms with E-state index in [2.05, 4.69) is 20.1 Å². The van der Waals surface area contributed by atoms with E-state index < -0.39 is 22.6 Å². The molecule has 37 heavy (non-hydrogen) atoms. The van der Waals surface area contributed by atoms with Gasteiger partial charge < -0.3 is 19.6 Å². The van der Waals surface area contributed by atoms with Crippen molar-refractivity contribution in [2.45, 2.75) is 49.1 Å². The number of carbonyl (C=O) groups is 3. The van der Waals surface area contributed by atoms with Gasteiger partial charge in [0.25, 0.3) is 5.91 Å². The van der Waals surface area contributed by atoms with E-state index in [0.717, 1.165) is 12.0 Å². The number of hydrogen-bond donors (Lipinski definition) is 1. The first kappa shape index (κ1) is 27.7. The van der Waals surface area contributed by atoms with Crippen molar-refractivity contribution in [3.8, 4) is 0 Å². The number of para-hydroxylation sites is 1. The Labute approximate surface area is 227 Å². The number of esters is 1. The molecular formula is C28H35ClN2O5S. The number of likely N-dealkylation sites (tertiary alicyclic amines) is 1. The molecule has 3 unspecified atom stereocenters. The van der Waals surface area contributed by atoms with E-state index in [1.54, 1.807) is 39.8 Å². The van der Waals surface area contributed by atoms with Gasteiger partial charge in [-0.15, -0.1) is 24.9 Å². The SMILES string of the molecule is C=CCCOC(=O)[C@@H]1[C@H]2C(=O)N(CCCO)C(C(=O)N(CC=C)c3c(C)cccc3Cl)C23S[C@@H]1CC3C. The van der Waals surface area contributed by atoms with Crippen molar-refractivity contribution < 1.29 is 24.2 Å². The van der Waals surface area contributed by atoms with Crippen LogP contribution in [0.15, 0.2) is 43.5 Å². The van der Waals surface area contributed by atoms with E-state index in [9.17, 15) is 19.5 Å². The van der Waals surface area contributed by atoms with Crippen LogP contribution in [0.1, 0.15) is 31.7 Å². The number of amides is 2. The van der Waals surface area contributed by atoms with E-state index in [-0.39, 0.29) is 55.3 Å². The average Bonchev–Trinajstić information content (AvgIpc) is 3.45. The van der Waals surface area contributed by atoms with E-state index in [4.69, 9.17) is 16.3 Å². The van der Waals surface area contributed by atoms with Crippen LogP contribution in [0.5, 0.6) is 0 Å². The van der Waals surface area contributed by atoms with E-state index in [0.29, 0.717) is 23.6 Å². The maximum atomic E-state index is 14.5. The van der Waals surface area contributed by atoms with Crippen LogP contribution in [0.4, 0.5) is 5.69 Å². The topological polar surface area (TPSA) is 87.1 Å². The number of thioether (sulfide) groups is 1. The Bertz CT molecular complexity index is 1080. The fraction of sp³-hybridized carbons (Fsp3) is 0.536. The minimum Gasteiger partial charge on any atom is -0.465 e. The van der Waals surface area contributed by atoms with Crippen LogP contribution >= 0.6 is 23.4 Å². The zero-order chi connectivity index (χ0) is 26.9. The molecular weight excluding hydrogens is 512 g/mol. The molecule has 0 radical (unpaired) electrons. The molecule has 1 aromatic rings. The predicted molar refractivity (Wildman–Crippen MR) is 147 cm³/mol. The lowest BCUT2D eigenvalue weighted by Crippen LogP contribution is -2.57. The lowest BCUT2D eigenvalue weighted by Gasteiger charge is -2.40. The van der Waals surface area contributed by atoms with Gasteiger partial charge in [-0.25, -0.2) is 0 Å². The molecule has 3 heterocycles. The second-order valence-corrected chi connectivity index (χ2v) is 12.0. The van der Waals surface area contributed by atoms with Crippen LogP contribution in [0.2, 0.25) is 5.02 Å². The van der Waals surface area contributed by atoms with Crippen molar-refractivity contribution >= 4 is 46.8 Å². The standard InChI is InChI=1S/C28H35ClN2O5S/c1-5-7-15-36-27(35)21-20-16-18(4)28(37-20)22(21)25(33)31(13-9-14-32)24(28)26(34)30(12-6-2)23-17(3)10-8-11-19(23)29/h5-6,8,10-11,18,20-22,24,32H,1-2,7,9,12-16H2,3-4H3/t18?,20-,21+,22+,24?,28?/m1/s1. The number of carbonyl (C=O) groups excluding carboxylic acids is 3. The highest BCUT2D eigenvalue weighted by molar-refractivity contribution is 8.02. The van der Waals surface area contributed by atoms with Crippen molar-refractivity contribution in [2.75, 3.05) is 31.2 Å². The molecule has 2 amide bonds. The molecule has 1 aromatic carbocycles. The summed E-state index contributed by atoms with van der Waals surface area (Å²) in [5, 5.41) is 9.92. The van der Waals surface area contributed by atoms with Crippen molar-refractivity contribution in [1.29, 1.82) is 0 Å². The molecule has 3 fully saturated rings. The van der Waals surface area contributed by atoms with E-state index in [1.807, 2.05) is 19.1 Å². The third kappa shape index (κ3) is 4.51. The lowest BCUT2D eigenvalue weighted by atomic mass is 9.66. The van der Waals surface area contributed by atoms with Crippen LogP contribution in [0.3, 0.4) is 0 Å². The minimum atomic E-state index is -0.803. The average molecular weight is 547 g/mol. The molecule has 200 valence electrons. The first-order valence-corrected chi connectivity index (χ1v) is 14.0. The molecule has 9 heteroatoms. The third-order valence-corrected chi connectivity index (χ3v) is 10.3. The summed E-state index contributed by atoms with van der Waals surface area (Å²) >= 11 is 8.18. The first-order valence-electron chi connectivity index (χ1n) is 12.8. The zero-order valence-corrected chi connectivity index (χ0v) is 23.0. The Morgan fingerprint density at radius 3 is 2.76 bits per heavy atom. The predicted octanol–water partition coefficient (Wildman–Crippen LogP) is 4.01. The summed E-state index contributed by atoms with van der Waals surface area (Å²) in [4.78, 5) is 45.0. The first-order chi connectivity index (χ1) is 17.7. The summed E-state index contributed by atoms with van der Waals surface area (Å²) in [6, 6.07) is 4.66. The highest BCUT2D eigenvalue weighted by atomic mass is 35.5. The van der Waals surface area contributed by atoms with Crippen LogP contribution in [0.25, 0.3) is 0 Å². The molecule has 7 nitrogen and oxygen atoms in total. The Kier molecular flexibility index (Phi) is 8.41. The third-order valence-electron chi connectivity index (χ3n) is 7.91. The number of ether oxygens (including phenoxy) is 1. The Morgan fingerprint density at radius 1 is 1.35 bits per heavy atom. The maximum Gasteiger partial charge on any atom is 0.310 e. The Hall–Kier alpha value is -2.29. The normalized spacial score (nSPS) is 29.8. The van der Waals surface area contributed by atoms with Gasteiger partial charge in [0.15, 0.2) is 0 Å². The fourth-order valence-electron chi connectivity index (χ4n) is 6.42. The van der Waals surface area contributed by atoms with Gasteiger partial charge in [0.1, 0.15) is 6.04 Å². The number of nitrogens with zero attached hydrogens (tertiary/aromatic N) is 2. The second kappa shape index (κ2) is 11.2. The largest absolute Gasteiger partial charge is 0.465 e. The number of aliphatic hydroxyl groups excluding tert-OH is 1. The highest BCUT2D eigenvalue weighted by Gasteiger charge is 2.76. The number of aliphatic hydroxyl groups is 1. The molecule has 0 saturated carbocycles. The van der Waals surface area contributed by atoms with Gasteiger partial charge in [0, 0.05) is 24.9 Å². The number of rotatable bonds is 11. The second-order valence-electron chi connectivity index (χ2n) is 10.0. The van der Waals surface area contributed by atoms with Crippen LogP contribution in [-0.2, 0) is 19.1 Å². The quantitative estimate of drug-likeness (QED) is 0.256. The van der Waals surface area contributed by atoms with Gasteiger partial charge in [-0.2, -0.15) is 0 Å². The highest BCUT2D eigenvalue weighted by Crippen LogP contribution is 2.68. The van der Waals surface area contributed by atoms with Crippen LogP contribution < -0.4 is 4.90 Å². The monoisotopic (exact) mass is 546 g/mol. The number of hydrogen-bond acceptors (Lipinski definition) is 6. The smallest absolute Gasteiger partial charge is 0.310 e. The van der Waals surface area contributed by atoms with Gasteiger partial charge in [-0.05, 0) is 43.7 Å².